The highest BCUT2D eigenvalue weighted by Crippen LogP contribution is 2.23. The van der Waals surface area contributed by atoms with Crippen molar-refractivity contribution in [1.82, 2.24) is 5.32 Å². The molecule has 6 nitrogen and oxygen atoms in total. The summed E-state index contributed by atoms with van der Waals surface area (Å²) in [6.07, 6.45) is 3.01. The fourth-order valence-corrected chi connectivity index (χ4v) is 2.69. The third kappa shape index (κ3) is 5.48. The Balaban J connectivity index is 1.52. The predicted molar refractivity (Wildman–Crippen MR) is 103 cm³/mol. The first-order valence-corrected chi connectivity index (χ1v) is 9.00. The van der Waals surface area contributed by atoms with E-state index in [1.54, 1.807) is 44.6 Å². The molecule has 2 aromatic rings. The smallest absolute Gasteiger partial charge is 0.251 e. The molecular formula is C21H24N2O4. The largest absolute Gasteiger partial charge is 0.497 e. The van der Waals surface area contributed by atoms with Gasteiger partial charge in [-0.25, -0.2) is 0 Å². The normalized spacial score (nSPS) is 13.0. The second-order valence-electron chi connectivity index (χ2n) is 6.59. The van der Waals surface area contributed by atoms with Crippen molar-refractivity contribution >= 4 is 17.5 Å². The zero-order chi connectivity index (χ0) is 19.2. The maximum Gasteiger partial charge on any atom is 0.251 e. The van der Waals surface area contributed by atoms with Crippen molar-refractivity contribution in [3.8, 4) is 11.5 Å². The Morgan fingerprint density at radius 2 is 1.63 bits per heavy atom. The lowest BCUT2D eigenvalue weighted by molar-refractivity contribution is -0.116. The lowest BCUT2D eigenvalue weighted by Gasteiger charge is -2.09. The van der Waals surface area contributed by atoms with Crippen LogP contribution in [0.3, 0.4) is 0 Å². The fourth-order valence-electron chi connectivity index (χ4n) is 2.69. The summed E-state index contributed by atoms with van der Waals surface area (Å²) >= 11 is 0. The van der Waals surface area contributed by atoms with Gasteiger partial charge in [0.1, 0.15) is 11.5 Å². The van der Waals surface area contributed by atoms with Crippen LogP contribution >= 0.6 is 0 Å². The highest BCUT2D eigenvalue weighted by Gasteiger charge is 2.23. The molecule has 1 aliphatic rings. The lowest BCUT2D eigenvalue weighted by atomic mass is 10.1. The molecule has 1 saturated carbocycles. The van der Waals surface area contributed by atoms with E-state index in [1.807, 2.05) is 12.1 Å². The first-order chi connectivity index (χ1) is 13.1. The Hall–Kier alpha value is -3.02. The molecule has 2 aromatic carbocycles. The average Bonchev–Trinajstić information content (AvgIpc) is 3.50. The van der Waals surface area contributed by atoms with Gasteiger partial charge in [-0.2, -0.15) is 0 Å². The Bertz CT molecular complexity index is 791. The number of aryl methyl sites for hydroxylation is 1. The number of nitrogens with one attached hydrogen (secondary N) is 2. The molecule has 2 N–H and O–H groups in total. The zero-order valence-electron chi connectivity index (χ0n) is 15.6. The van der Waals surface area contributed by atoms with Crippen LogP contribution in [0.1, 0.15) is 35.2 Å². The van der Waals surface area contributed by atoms with E-state index in [0.717, 1.165) is 18.4 Å². The summed E-state index contributed by atoms with van der Waals surface area (Å²) < 4.78 is 10.5. The number of carbonyl (C=O) groups excluding carboxylic acids is 2. The van der Waals surface area contributed by atoms with E-state index < -0.39 is 0 Å². The lowest BCUT2D eigenvalue weighted by Crippen LogP contribution is -2.25. The number of hydrogen-bond donors (Lipinski definition) is 2. The highest BCUT2D eigenvalue weighted by molar-refractivity contribution is 5.96. The summed E-state index contributed by atoms with van der Waals surface area (Å²) in [5.41, 5.74) is 2.24. The van der Waals surface area contributed by atoms with Crippen LogP contribution < -0.4 is 20.1 Å². The van der Waals surface area contributed by atoms with Crippen molar-refractivity contribution in [1.29, 1.82) is 0 Å². The number of carbonyl (C=O) groups is 2. The van der Waals surface area contributed by atoms with Gasteiger partial charge < -0.3 is 20.1 Å². The second kappa shape index (κ2) is 8.58. The summed E-state index contributed by atoms with van der Waals surface area (Å²) in [4.78, 5) is 24.2. The van der Waals surface area contributed by atoms with E-state index in [0.29, 0.717) is 41.6 Å². The Labute approximate surface area is 158 Å². The van der Waals surface area contributed by atoms with Gasteiger partial charge in [0.15, 0.2) is 0 Å². The van der Waals surface area contributed by atoms with E-state index in [4.69, 9.17) is 9.47 Å². The third-order valence-electron chi connectivity index (χ3n) is 4.40. The van der Waals surface area contributed by atoms with Gasteiger partial charge in [0.25, 0.3) is 5.91 Å². The second-order valence-corrected chi connectivity index (χ2v) is 6.59. The summed E-state index contributed by atoms with van der Waals surface area (Å²) in [6, 6.07) is 12.8. The molecular weight excluding hydrogens is 344 g/mol. The monoisotopic (exact) mass is 368 g/mol. The van der Waals surface area contributed by atoms with Crippen LogP contribution in [-0.2, 0) is 11.2 Å². The standard InChI is InChI=1S/C21H24N2O4/c1-26-18-11-14(12-19(13-18)27-2)3-10-20(24)22-16-6-4-15(5-7-16)21(25)23-17-8-9-17/h4-7,11-13,17H,3,8-10H2,1-2H3,(H,22,24)(H,23,25). The van der Waals surface area contributed by atoms with Crippen molar-refractivity contribution in [3.63, 3.8) is 0 Å². The Morgan fingerprint density at radius 1 is 1.00 bits per heavy atom. The first kappa shape index (κ1) is 18.8. The molecule has 0 aliphatic heterocycles. The zero-order valence-corrected chi connectivity index (χ0v) is 15.6. The molecule has 0 saturated heterocycles. The molecule has 6 heteroatoms. The van der Waals surface area contributed by atoms with Crippen molar-refractivity contribution in [2.75, 3.05) is 19.5 Å². The van der Waals surface area contributed by atoms with Crippen molar-refractivity contribution in [2.45, 2.75) is 31.7 Å². The summed E-state index contributed by atoms with van der Waals surface area (Å²) in [5.74, 6) is 1.24. The molecule has 142 valence electrons. The molecule has 0 atom stereocenters. The molecule has 0 unspecified atom stereocenters. The Morgan fingerprint density at radius 3 is 2.19 bits per heavy atom. The summed E-state index contributed by atoms with van der Waals surface area (Å²) in [5, 5.41) is 5.80. The number of hydrogen-bond acceptors (Lipinski definition) is 4. The van der Waals surface area contributed by atoms with Gasteiger partial charge in [-0.3, -0.25) is 9.59 Å². The molecule has 27 heavy (non-hydrogen) atoms. The average molecular weight is 368 g/mol. The predicted octanol–water partition coefficient (Wildman–Crippen LogP) is 3.17. The van der Waals surface area contributed by atoms with Crippen LogP contribution in [0.5, 0.6) is 11.5 Å². The van der Waals surface area contributed by atoms with Crippen LogP contribution in [0.15, 0.2) is 42.5 Å². The Kier molecular flexibility index (Phi) is 5.96. The maximum absolute atomic E-state index is 12.2. The molecule has 0 bridgehead atoms. The van der Waals surface area contributed by atoms with Gasteiger partial charge in [-0.05, 0) is 61.2 Å². The van der Waals surface area contributed by atoms with Crippen LogP contribution in [0.4, 0.5) is 5.69 Å². The minimum absolute atomic E-state index is 0.0673. The summed E-state index contributed by atoms with van der Waals surface area (Å²) in [7, 11) is 3.19. The van der Waals surface area contributed by atoms with Gasteiger partial charge in [-0.15, -0.1) is 0 Å². The number of rotatable bonds is 8. The minimum Gasteiger partial charge on any atom is -0.497 e. The van der Waals surface area contributed by atoms with Crippen LogP contribution in [0.2, 0.25) is 0 Å². The molecule has 0 spiro atoms. The van der Waals surface area contributed by atoms with Crippen LogP contribution in [0, 0.1) is 0 Å². The molecule has 0 radical (unpaired) electrons. The number of amides is 2. The third-order valence-corrected chi connectivity index (χ3v) is 4.40. The first-order valence-electron chi connectivity index (χ1n) is 9.00. The van der Waals surface area contributed by atoms with Gasteiger partial charge in [0.05, 0.1) is 14.2 Å². The number of benzene rings is 2. The maximum atomic E-state index is 12.2. The molecule has 1 aliphatic carbocycles. The van der Waals surface area contributed by atoms with Crippen molar-refractivity contribution in [2.24, 2.45) is 0 Å². The van der Waals surface area contributed by atoms with Crippen LogP contribution in [0.25, 0.3) is 0 Å². The SMILES string of the molecule is COc1cc(CCC(=O)Nc2ccc(C(=O)NC3CC3)cc2)cc(OC)c1. The number of anilines is 1. The molecule has 0 heterocycles. The van der Waals surface area contributed by atoms with E-state index in [1.165, 1.54) is 0 Å². The minimum atomic E-state index is -0.0908. The highest BCUT2D eigenvalue weighted by atomic mass is 16.5. The van der Waals surface area contributed by atoms with Gasteiger partial charge >= 0.3 is 0 Å². The topological polar surface area (TPSA) is 76.7 Å². The van der Waals surface area contributed by atoms with E-state index in [9.17, 15) is 9.59 Å². The number of ether oxygens (including phenoxy) is 2. The summed E-state index contributed by atoms with van der Waals surface area (Å²) in [6.45, 7) is 0. The van der Waals surface area contributed by atoms with Crippen molar-refractivity contribution < 1.29 is 19.1 Å². The van der Waals surface area contributed by atoms with Gasteiger partial charge in [0, 0.05) is 29.8 Å². The van der Waals surface area contributed by atoms with Crippen molar-refractivity contribution in [3.05, 3.63) is 53.6 Å². The van der Waals surface area contributed by atoms with E-state index >= 15 is 0 Å². The molecule has 1 fully saturated rings. The number of methoxy groups -OCH3 is 2. The van der Waals surface area contributed by atoms with Crippen LogP contribution in [-0.4, -0.2) is 32.1 Å². The fraction of sp³-hybridized carbons (Fsp3) is 0.333. The molecule has 3 rings (SSSR count). The van der Waals surface area contributed by atoms with Gasteiger partial charge in [0.2, 0.25) is 5.91 Å². The molecule has 0 aromatic heterocycles. The van der Waals surface area contributed by atoms with Gasteiger partial charge in [-0.1, -0.05) is 0 Å². The van der Waals surface area contributed by atoms with E-state index in [2.05, 4.69) is 10.6 Å². The van der Waals surface area contributed by atoms with E-state index in [-0.39, 0.29) is 11.8 Å². The quantitative estimate of drug-likeness (QED) is 0.750. The molecule has 2 amide bonds.